The zero-order chi connectivity index (χ0) is 47.2. The molecule has 0 atom stereocenters. The highest BCUT2D eigenvalue weighted by molar-refractivity contribution is 6.12. The lowest BCUT2D eigenvalue weighted by molar-refractivity contribution is 0.609. The minimum absolute atomic E-state index is 0.235. The average molecular weight is 907 g/mol. The summed E-state index contributed by atoms with van der Waals surface area (Å²) >= 11 is 0. The molecule has 0 aliphatic heterocycles. The maximum absolute atomic E-state index is 14.8. The van der Waals surface area contributed by atoms with Gasteiger partial charge in [0, 0.05) is 49.2 Å². The fraction of sp³-hybridized carbons (Fsp3) is 0.0938. The van der Waals surface area contributed by atoms with Gasteiger partial charge in [0.15, 0.2) is 0 Å². The summed E-state index contributed by atoms with van der Waals surface area (Å²) in [5.74, 6) is 0.0786. The van der Waals surface area contributed by atoms with Gasteiger partial charge < -0.3 is 4.57 Å². The molecule has 2 aliphatic carbocycles. The van der Waals surface area contributed by atoms with Gasteiger partial charge in [-0.1, -0.05) is 137 Å². The molecule has 0 saturated carbocycles. The minimum Gasteiger partial charge on any atom is -0.309 e. The van der Waals surface area contributed by atoms with E-state index in [9.17, 15) is 8.78 Å². The summed E-state index contributed by atoms with van der Waals surface area (Å²) in [5.41, 5.74) is 18.7. The Hall–Kier alpha value is -8.48. The van der Waals surface area contributed by atoms with E-state index in [1.807, 2.05) is 12.1 Å². The van der Waals surface area contributed by atoms with Crippen molar-refractivity contribution in [2.75, 3.05) is 0 Å². The van der Waals surface area contributed by atoms with Crippen molar-refractivity contribution < 1.29 is 8.78 Å². The first-order valence-electron chi connectivity index (χ1n) is 23.9. The first-order chi connectivity index (χ1) is 34.0. The molecule has 4 nitrogen and oxygen atoms in total. The van der Waals surface area contributed by atoms with Gasteiger partial charge in [0.2, 0.25) is 5.95 Å². The molecule has 70 heavy (non-hydrogen) atoms. The normalized spacial score (nSPS) is 14.1. The zero-order valence-corrected chi connectivity index (χ0v) is 39.0. The van der Waals surface area contributed by atoms with Gasteiger partial charge in [-0.05, 0) is 141 Å². The molecule has 6 heteroatoms. The van der Waals surface area contributed by atoms with Gasteiger partial charge >= 0.3 is 0 Å². The molecule has 0 spiro atoms. The molecular weight excluding hydrogens is 863 g/mol. The van der Waals surface area contributed by atoms with Crippen LogP contribution in [0.1, 0.15) is 49.9 Å². The van der Waals surface area contributed by atoms with Crippen LogP contribution in [0.5, 0.6) is 0 Å². The van der Waals surface area contributed by atoms with Gasteiger partial charge in [0.1, 0.15) is 11.6 Å². The zero-order valence-electron chi connectivity index (χ0n) is 39.0. The Kier molecular flexibility index (Phi) is 8.42. The number of hydrogen-bond acceptors (Lipinski definition) is 2. The summed E-state index contributed by atoms with van der Waals surface area (Å²) in [6.07, 6.45) is 0. The SMILES string of the molecule is CC1(C)c2cc(F)ccc2-c2ccc(-c3cc(-c4ccc5c(c4)C(C)(C)c4cc(F)ccc4-5)nc(-n4c5ccccc5c5ccc(-c6ccc7c(c6)c6ccccc6n7-c6ccccc6)cc54)n3)cc21. The van der Waals surface area contributed by atoms with E-state index in [-0.39, 0.29) is 11.6 Å². The van der Waals surface area contributed by atoms with Crippen LogP contribution in [0.4, 0.5) is 8.78 Å². The molecule has 0 fully saturated rings. The smallest absolute Gasteiger partial charge is 0.235 e. The fourth-order valence-corrected chi connectivity index (χ4v) is 11.9. The molecule has 334 valence electrons. The third kappa shape index (κ3) is 5.80. The number of benzene rings is 9. The van der Waals surface area contributed by atoms with E-state index in [0.717, 1.165) is 111 Å². The summed E-state index contributed by atoms with van der Waals surface area (Å²) < 4.78 is 34.1. The van der Waals surface area contributed by atoms with Crippen LogP contribution in [0.15, 0.2) is 194 Å². The van der Waals surface area contributed by atoms with E-state index in [0.29, 0.717) is 5.95 Å². The van der Waals surface area contributed by atoms with E-state index in [4.69, 9.17) is 9.97 Å². The summed E-state index contributed by atoms with van der Waals surface area (Å²) in [6, 6.07) is 66.6. The maximum atomic E-state index is 14.8. The third-order valence-corrected chi connectivity index (χ3v) is 15.5. The minimum atomic E-state index is -0.426. The lowest BCUT2D eigenvalue weighted by Crippen LogP contribution is -2.15. The van der Waals surface area contributed by atoms with Crippen LogP contribution in [0, 0.1) is 11.6 Å². The predicted octanol–water partition coefficient (Wildman–Crippen LogP) is 16.6. The topological polar surface area (TPSA) is 35.6 Å². The number of fused-ring (bicyclic) bond motifs is 12. The number of halogens is 2. The van der Waals surface area contributed by atoms with E-state index >= 15 is 0 Å². The van der Waals surface area contributed by atoms with Crippen molar-refractivity contribution in [1.82, 2.24) is 19.1 Å². The Morgan fingerprint density at radius 2 is 0.786 bits per heavy atom. The Bertz CT molecular complexity index is 4080. The summed E-state index contributed by atoms with van der Waals surface area (Å²) in [7, 11) is 0. The lowest BCUT2D eigenvalue weighted by atomic mass is 9.81. The second kappa shape index (κ2) is 14.5. The van der Waals surface area contributed by atoms with E-state index in [2.05, 4.69) is 195 Å². The van der Waals surface area contributed by atoms with Crippen molar-refractivity contribution >= 4 is 43.6 Å². The van der Waals surface area contributed by atoms with E-state index in [1.165, 1.54) is 16.3 Å². The van der Waals surface area contributed by atoms with Crippen LogP contribution in [0.25, 0.3) is 111 Å². The molecule has 12 aromatic rings. The van der Waals surface area contributed by atoms with Gasteiger partial charge in [-0.25, -0.2) is 18.7 Å². The molecule has 14 rings (SSSR count). The van der Waals surface area contributed by atoms with Crippen LogP contribution < -0.4 is 0 Å². The van der Waals surface area contributed by atoms with Crippen molar-refractivity contribution in [1.29, 1.82) is 0 Å². The monoisotopic (exact) mass is 906 g/mol. The van der Waals surface area contributed by atoms with Crippen LogP contribution >= 0.6 is 0 Å². The van der Waals surface area contributed by atoms with Crippen LogP contribution in [0.3, 0.4) is 0 Å². The summed E-state index contributed by atoms with van der Waals surface area (Å²) in [5, 5.41) is 4.60. The first-order valence-corrected chi connectivity index (χ1v) is 23.9. The summed E-state index contributed by atoms with van der Waals surface area (Å²) in [6.45, 7) is 8.68. The van der Waals surface area contributed by atoms with Gasteiger partial charge in [-0.15, -0.1) is 0 Å². The van der Waals surface area contributed by atoms with E-state index < -0.39 is 10.8 Å². The van der Waals surface area contributed by atoms with Gasteiger partial charge in [-0.3, -0.25) is 4.57 Å². The van der Waals surface area contributed by atoms with Crippen LogP contribution in [-0.2, 0) is 10.8 Å². The number of aromatic nitrogens is 4. The maximum Gasteiger partial charge on any atom is 0.235 e. The average Bonchev–Trinajstić information content (AvgIpc) is 4.04. The highest BCUT2D eigenvalue weighted by atomic mass is 19.1. The lowest BCUT2D eigenvalue weighted by Gasteiger charge is -2.22. The first kappa shape index (κ1) is 40.6. The molecule has 9 aromatic carbocycles. The second-order valence-corrected chi connectivity index (χ2v) is 20.1. The number of nitrogens with zero attached hydrogens (tertiary/aromatic N) is 4. The molecule has 0 unspecified atom stereocenters. The standard InChI is InChI=1S/C64H44F2N4/c1-63(2)52-31-39(19-24-44(52)46-27-22-41(65)34-54(46)63)56-36-57(40-20-25-45-47-28-23-42(66)35-55(47)64(3,4)53(45)32-40)68-62(67-56)70-59-17-11-8-14-48(59)50-26-18-38(33-61(50)70)37-21-29-60-51(30-37)49-15-9-10-16-58(49)69(60)43-12-6-5-7-13-43/h5-36H,1-4H3. The molecule has 3 aromatic heterocycles. The second-order valence-electron chi connectivity index (χ2n) is 20.1. The Labute approximate surface area is 403 Å². The highest BCUT2D eigenvalue weighted by Gasteiger charge is 2.38. The number of rotatable bonds is 5. The quantitative estimate of drug-likeness (QED) is 0.172. The molecule has 3 heterocycles. The molecule has 0 amide bonds. The number of hydrogen-bond donors (Lipinski definition) is 0. The largest absolute Gasteiger partial charge is 0.309 e. The molecule has 0 bridgehead atoms. The molecule has 2 aliphatic rings. The Balaban J connectivity index is 0.980. The fourth-order valence-electron chi connectivity index (χ4n) is 11.9. The van der Waals surface area contributed by atoms with Crippen molar-refractivity contribution in [3.63, 3.8) is 0 Å². The van der Waals surface area contributed by atoms with Gasteiger partial charge in [-0.2, -0.15) is 0 Å². The number of para-hydroxylation sites is 3. The Morgan fingerprint density at radius 3 is 1.39 bits per heavy atom. The van der Waals surface area contributed by atoms with E-state index in [1.54, 1.807) is 24.3 Å². The van der Waals surface area contributed by atoms with Gasteiger partial charge in [0.25, 0.3) is 0 Å². The molecular formula is C64H44F2N4. The van der Waals surface area contributed by atoms with Gasteiger partial charge in [0.05, 0.1) is 33.5 Å². The van der Waals surface area contributed by atoms with Crippen molar-refractivity contribution in [3.8, 4) is 67.5 Å². The molecule has 0 saturated heterocycles. The summed E-state index contributed by atoms with van der Waals surface area (Å²) in [4.78, 5) is 11.0. The van der Waals surface area contributed by atoms with Crippen LogP contribution in [0.2, 0.25) is 0 Å². The molecule has 0 N–H and O–H groups in total. The van der Waals surface area contributed by atoms with Crippen LogP contribution in [-0.4, -0.2) is 19.1 Å². The highest BCUT2D eigenvalue weighted by Crippen LogP contribution is 2.52. The predicted molar refractivity (Wildman–Crippen MR) is 282 cm³/mol. The Morgan fingerprint density at radius 1 is 0.343 bits per heavy atom. The molecule has 0 radical (unpaired) electrons. The third-order valence-electron chi connectivity index (χ3n) is 15.5. The van der Waals surface area contributed by atoms with Crippen molar-refractivity contribution in [2.45, 2.75) is 38.5 Å². The van der Waals surface area contributed by atoms with Crippen molar-refractivity contribution in [3.05, 3.63) is 228 Å². The van der Waals surface area contributed by atoms with Crippen molar-refractivity contribution in [2.24, 2.45) is 0 Å².